The largest absolute Gasteiger partial charge is 0.212 e. The molecule has 90 valence electrons. The average Bonchev–Trinajstić information content (AvgIpc) is 2.21. The second-order valence-corrected chi connectivity index (χ2v) is 6.57. The van der Waals surface area contributed by atoms with Crippen LogP contribution in [0.5, 0.6) is 0 Å². The predicted octanol–water partition coefficient (Wildman–Crippen LogP) is 2.28. The van der Waals surface area contributed by atoms with Crippen LogP contribution < -0.4 is 4.72 Å². The molecule has 4 heteroatoms. The SMILES string of the molecule is CCCC1CCC(NS(=O)(=O)CC)CC1. The van der Waals surface area contributed by atoms with Crippen LogP contribution in [0.25, 0.3) is 0 Å². The van der Waals surface area contributed by atoms with Crippen LogP contribution in [0.3, 0.4) is 0 Å². The first-order valence-corrected chi connectivity index (χ1v) is 7.72. The molecule has 1 rings (SSSR count). The lowest BCUT2D eigenvalue weighted by Gasteiger charge is -2.28. The topological polar surface area (TPSA) is 46.2 Å². The van der Waals surface area contributed by atoms with Gasteiger partial charge in [-0.3, -0.25) is 0 Å². The highest BCUT2D eigenvalue weighted by molar-refractivity contribution is 7.89. The van der Waals surface area contributed by atoms with Crippen molar-refractivity contribution in [2.75, 3.05) is 5.75 Å². The number of nitrogens with one attached hydrogen (secondary N) is 1. The minimum Gasteiger partial charge on any atom is -0.212 e. The van der Waals surface area contributed by atoms with Gasteiger partial charge in [-0.2, -0.15) is 0 Å². The van der Waals surface area contributed by atoms with Crippen LogP contribution in [0, 0.1) is 5.92 Å². The van der Waals surface area contributed by atoms with E-state index in [0.717, 1.165) is 18.8 Å². The fourth-order valence-electron chi connectivity index (χ4n) is 2.31. The van der Waals surface area contributed by atoms with Crippen LogP contribution in [-0.2, 0) is 10.0 Å². The predicted molar refractivity (Wildman–Crippen MR) is 63.3 cm³/mol. The van der Waals surface area contributed by atoms with Crippen LogP contribution in [0.1, 0.15) is 52.4 Å². The molecule has 0 saturated heterocycles. The van der Waals surface area contributed by atoms with Crippen LogP contribution in [0.15, 0.2) is 0 Å². The van der Waals surface area contributed by atoms with Gasteiger partial charge >= 0.3 is 0 Å². The number of hydrogen-bond donors (Lipinski definition) is 1. The molecular formula is C11H23NO2S. The molecule has 0 aliphatic heterocycles. The van der Waals surface area contributed by atoms with Crippen LogP contribution in [-0.4, -0.2) is 20.2 Å². The summed E-state index contributed by atoms with van der Waals surface area (Å²) < 4.78 is 25.5. The molecule has 1 aliphatic carbocycles. The lowest BCUT2D eigenvalue weighted by atomic mass is 9.84. The summed E-state index contributed by atoms with van der Waals surface area (Å²) >= 11 is 0. The Bertz CT molecular complexity index is 266. The zero-order valence-electron chi connectivity index (χ0n) is 9.83. The van der Waals surface area contributed by atoms with Gasteiger partial charge in [0.2, 0.25) is 10.0 Å². The zero-order chi connectivity index (χ0) is 11.3. The van der Waals surface area contributed by atoms with Crippen LogP contribution in [0.2, 0.25) is 0 Å². The molecule has 0 unspecified atom stereocenters. The van der Waals surface area contributed by atoms with Gasteiger partial charge < -0.3 is 0 Å². The van der Waals surface area contributed by atoms with E-state index in [0.29, 0.717) is 0 Å². The van der Waals surface area contributed by atoms with Gasteiger partial charge in [-0.05, 0) is 38.5 Å². The maximum Gasteiger partial charge on any atom is 0.211 e. The third-order valence-corrected chi connectivity index (χ3v) is 4.72. The Labute approximate surface area is 93.7 Å². The minimum atomic E-state index is -3.00. The number of rotatable bonds is 5. The highest BCUT2D eigenvalue weighted by atomic mass is 32.2. The van der Waals surface area contributed by atoms with Crippen molar-refractivity contribution in [3.8, 4) is 0 Å². The Morgan fingerprint density at radius 3 is 2.20 bits per heavy atom. The van der Waals surface area contributed by atoms with Gasteiger partial charge in [0, 0.05) is 6.04 Å². The Kier molecular flexibility index (Phi) is 5.06. The maximum atomic E-state index is 11.4. The van der Waals surface area contributed by atoms with E-state index in [1.807, 2.05) is 0 Å². The molecule has 1 aliphatic rings. The molecule has 1 N–H and O–H groups in total. The Morgan fingerprint density at radius 1 is 1.13 bits per heavy atom. The molecule has 0 amide bonds. The van der Waals surface area contributed by atoms with E-state index < -0.39 is 10.0 Å². The normalized spacial score (nSPS) is 27.9. The Hall–Kier alpha value is -0.0900. The molecule has 1 saturated carbocycles. The first-order chi connectivity index (χ1) is 7.07. The zero-order valence-corrected chi connectivity index (χ0v) is 10.6. The average molecular weight is 233 g/mol. The molecule has 15 heavy (non-hydrogen) atoms. The lowest BCUT2D eigenvalue weighted by Crippen LogP contribution is -2.38. The highest BCUT2D eigenvalue weighted by Gasteiger charge is 2.23. The first kappa shape index (κ1) is 13.0. The molecule has 0 atom stereocenters. The van der Waals surface area contributed by atoms with Gasteiger partial charge in [0.15, 0.2) is 0 Å². The van der Waals surface area contributed by atoms with Crippen LogP contribution >= 0.6 is 0 Å². The van der Waals surface area contributed by atoms with E-state index in [2.05, 4.69) is 11.6 Å². The van der Waals surface area contributed by atoms with E-state index in [4.69, 9.17) is 0 Å². The summed E-state index contributed by atoms with van der Waals surface area (Å²) in [5, 5.41) is 0. The molecular weight excluding hydrogens is 210 g/mol. The Morgan fingerprint density at radius 2 is 1.73 bits per heavy atom. The Balaban J connectivity index is 2.32. The van der Waals surface area contributed by atoms with Crippen molar-refractivity contribution in [2.24, 2.45) is 5.92 Å². The molecule has 0 radical (unpaired) electrons. The van der Waals surface area contributed by atoms with Gasteiger partial charge in [0.1, 0.15) is 0 Å². The summed E-state index contributed by atoms with van der Waals surface area (Å²) in [5.41, 5.74) is 0. The van der Waals surface area contributed by atoms with Gasteiger partial charge in [0.25, 0.3) is 0 Å². The van der Waals surface area contributed by atoms with Crippen molar-refractivity contribution in [2.45, 2.75) is 58.4 Å². The summed E-state index contributed by atoms with van der Waals surface area (Å²) in [6.07, 6.45) is 6.95. The van der Waals surface area contributed by atoms with Crippen molar-refractivity contribution in [3.63, 3.8) is 0 Å². The molecule has 0 aromatic rings. The van der Waals surface area contributed by atoms with Crippen molar-refractivity contribution in [1.82, 2.24) is 4.72 Å². The fourth-order valence-corrected chi connectivity index (χ4v) is 3.22. The molecule has 3 nitrogen and oxygen atoms in total. The molecule has 0 bridgehead atoms. The standard InChI is InChI=1S/C11H23NO2S/c1-3-5-10-6-8-11(9-7-10)12-15(13,14)4-2/h10-12H,3-9H2,1-2H3. The quantitative estimate of drug-likeness (QED) is 0.792. The monoisotopic (exact) mass is 233 g/mol. The summed E-state index contributed by atoms with van der Waals surface area (Å²) in [4.78, 5) is 0. The van der Waals surface area contributed by atoms with Gasteiger partial charge in [-0.15, -0.1) is 0 Å². The van der Waals surface area contributed by atoms with Crippen molar-refractivity contribution < 1.29 is 8.42 Å². The van der Waals surface area contributed by atoms with Gasteiger partial charge in [-0.1, -0.05) is 19.8 Å². The minimum absolute atomic E-state index is 0.196. The molecule has 1 fully saturated rings. The van der Waals surface area contributed by atoms with E-state index >= 15 is 0 Å². The summed E-state index contributed by atoms with van der Waals surface area (Å²) in [6, 6.07) is 0.197. The van der Waals surface area contributed by atoms with E-state index in [1.165, 1.54) is 25.7 Å². The summed E-state index contributed by atoms with van der Waals surface area (Å²) in [6.45, 7) is 3.90. The second kappa shape index (κ2) is 5.85. The van der Waals surface area contributed by atoms with Gasteiger partial charge in [-0.25, -0.2) is 13.1 Å². The van der Waals surface area contributed by atoms with Gasteiger partial charge in [0.05, 0.1) is 5.75 Å². The van der Waals surface area contributed by atoms with E-state index in [-0.39, 0.29) is 11.8 Å². The molecule has 0 spiro atoms. The third kappa shape index (κ3) is 4.51. The highest BCUT2D eigenvalue weighted by Crippen LogP contribution is 2.27. The molecule has 0 aromatic carbocycles. The molecule has 0 aromatic heterocycles. The molecule has 0 heterocycles. The fraction of sp³-hybridized carbons (Fsp3) is 1.00. The number of sulfonamides is 1. The third-order valence-electron chi connectivity index (χ3n) is 3.27. The smallest absolute Gasteiger partial charge is 0.211 e. The van der Waals surface area contributed by atoms with Crippen LogP contribution in [0.4, 0.5) is 0 Å². The maximum absolute atomic E-state index is 11.4. The first-order valence-electron chi connectivity index (χ1n) is 6.07. The lowest BCUT2D eigenvalue weighted by molar-refractivity contribution is 0.297. The second-order valence-electron chi connectivity index (χ2n) is 4.53. The van der Waals surface area contributed by atoms with Crippen molar-refractivity contribution in [1.29, 1.82) is 0 Å². The summed E-state index contributed by atoms with van der Waals surface area (Å²) in [7, 11) is -3.00. The summed E-state index contributed by atoms with van der Waals surface area (Å²) in [5.74, 6) is 1.03. The van der Waals surface area contributed by atoms with E-state index in [1.54, 1.807) is 6.92 Å². The van der Waals surface area contributed by atoms with Crippen molar-refractivity contribution in [3.05, 3.63) is 0 Å². The number of hydrogen-bond acceptors (Lipinski definition) is 2. The van der Waals surface area contributed by atoms with E-state index in [9.17, 15) is 8.42 Å². The van der Waals surface area contributed by atoms with Crippen molar-refractivity contribution >= 4 is 10.0 Å².